The Balaban J connectivity index is 2.05. The Hall–Kier alpha value is -2.15. The van der Waals surface area contributed by atoms with E-state index in [0.29, 0.717) is 11.1 Å². The van der Waals surface area contributed by atoms with Gasteiger partial charge in [-0.15, -0.1) is 0 Å². The minimum Gasteiger partial charge on any atom is -0.327 e. The fourth-order valence-corrected chi connectivity index (χ4v) is 2.76. The van der Waals surface area contributed by atoms with E-state index in [4.69, 9.17) is 5.26 Å². The van der Waals surface area contributed by atoms with Gasteiger partial charge in [-0.1, -0.05) is 12.5 Å². The fourth-order valence-electron chi connectivity index (χ4n) is 2.76. The lowest BCUT2D eigenvalue weighted by Gasteiger charge is -2.19. The number of hydrogen-bond acceptors (Lipinski definition) is 2. The number of aromatic nitrogens is 2. The molecule has 0 fully saturated rings. The Labute approximate surface area is 111 Å². The second kappa shape index (κ2) is 4.85. The molecule has 3 nitrogen and oxygen atoms in total. The van der Waals surface area contributed by atoms with Gasteiger partial charge in [0.2, 0.25) is 0 Å². The average Bonchev–Trinajstić information content (AvgIpc) is 2.80. The first-order chi connectivity index (χ1) is 9.29. The first-order valence-electron chi connectivity index (χ1n) is 6.50. The molecule has 2 heterocycles. The molecule has 0 amide bonds. The molecule has 2 aromatic rings. The third-order valence-corrected chi connectivity index (χ3v) is 3.73. The largest absolute Gasteiger partial charge is 0.327 e. The van der Waals surface area contributed by atoms with Crippen LogP contribution in [-0.4, -0.2) is 9.55 Å². The van der Waals surface area contributed by atoms with E-state index in [1.54, 1.807) is 18.5 Å². The van der Waals surface area contributed by atoms with E-state index in [0.717, 1.165) is 31.4 Å². The lowest BCUT2D eigenvalue weighted by atomic mass is 10.00. The molecule has 0 bridgehead atoms. The lowest BCUT2D eigenvalue weighted by molar-refractivity contribution is 0.499. The number of fused-ring (bicyclic) bond motifs is 1. The maximum atomic E-state index is 14.2. The van der Waals surface area contributed by atoms with Crippen molar-refractivity contribution >= 4 is 0 Å². The third kappa shape index (κ3) is 2.12. The highest BCUT2D eigenvalue weighted by molar-refractivity contribution is 5.35. The Kier molecular flexibility index (Phi) is 3.04. The summed E-state index contributed by atoms with van der Waals surface area (Å²) in [6.45, 7) is 0. The van der Waals surface area contributed by atoms with Crippen LogP contribution in [0.4, 0.5) is 4.39 Å². The Bertz CT molecular complexity index is 639. The van der Waals surface area contributed by atoms with Crippen LogP contribution in [0, 0.1) is 17.1 Å². The molecule has 0 saturated heterocycles. The highest BCUT2D eigenvalue weighted by Gasteiger charge is 2.22. The van der Waals surface area contributed by atoms with Gasteiger partial charge in [0.05, 0.1) is 24.0 Å². The monoisotopic (exact) mass is 255 g/mol. The number of hydrogen-bond donors (Lipinski definition) is 0. The minimum atomic E-state index is -0.300. The van der Waals surface area contributed by atoms with Crippen LogP contribution < -0.4 is 0 Å². The van der Waals surface area contributed by atoms with Crippen molar-refractivity contribution < 1.29 is 4.39 Å². The summed E-state index contributed by atoms with van der Waals surface area (Å²) in [4.78, 5) is 4.17. The molecule has 3 rings (SSSR count). The molecular weight excluding hydrogens is 241 g/mol. The molecule has 0 aliphatic carbocycles. The number of benzene rings is 1. The van der Waals surface area contributed by atoms with Gasteiger partial charge in [-0.3, -0.25) is 0 Å². The molecule has 0 saturated carbocycles. The SMILES string of the molecule is N#Cc1ccc(C2CCCCc3cncn32)c(F)c1. The summed E-state index contributed by atoms with van der Waals surface area (Å²) >= 11 is 0. The molecule has 1 aromatic carbocycles. The van der Waals surface area contributed by atoms with E-state index in [1.165, 1.54) is 6.07 Å². The minimum absolute atomic E-state index is 0.00672. The van der Waals surface area contributed by atoms with Gasteiger partial charge in [-0.25, -0.2) is 9.37 Å². The molecule has 1 atom stereocenters. The van der Waals surface area contributed by atoms with Crippen LogP contribution in [0.3, 0.4) is 0 Å². The second-order valence-electron chi connectivity index (χ2n) is 4.90. The summed E-state index contributed by atoms with van der Waals surface area (Å²) in [7, 11) is 0. The van der Waals surface area contributed by atoms with Crippen molar-refractivity contribution in [2.75, 3.05) is 0 Å². The number of rotatable bonds is 1. The summed E-state index contributed by atoms with van der Waals surface area (Å²) in [5, 5.41) is 8.80. The Morgan fingerprint density at radius 2 is 2.26 bits per heavy atom. The smallest absolute Gasteiger partial charge is 0.129 e. The van der Waals surface area contributed by atoms with Crippen molar-refractivity contribution in [1.29, 1.82) is 5.26 Å². The third-order valence-electron chi connectivity index (χ3n) is 3.73. The number of halogens is 1. The first kappa shape index (κ1) is 11.9. The normalized spacial score (nSPS) is 18.4. The van der Waals surface area contributed by atoms with Gasteiger partial charge in [-0.2, -0.15) is 5.26 Å². The standard InChI is InChI=1S/C15H14FN3/c16-14-7-11(8-17)5-6-13(14)15-4-2-1-3-12-9-18-10-19(12)15/h5-7,9-10,15H,1-4H2. The highest BCUT2D eigenvalue weighted by atomic mass is 19.1. The molecule has 0 radical (unpaired) electrons. The fraction of sp³-hybridized carbons (Fsp3) is 0.333. The molecule has 0 N–H and O–H groups in total. The van der Waals surface area contributed by atoms with E-state index in [9.17, 15) is 4.39 Å². The molecule has 0 spiro atoms. The second-order valence-corrected chi connectivity index (χ2v) is 4.90. The maximum Gasteiger partial charge on any atom is 0.129 e. The topological polar surface area (TPSA) is 41.6 Å². The van der Waals surface area contributed by atoms with Crippen LogP contribution in [0.15, 0.2) is 30.7 Å². The molecule has 4 heteroatoms. The zero-order valence-corrected chi connectivity index (χ0v) is 10.5. The van der Waals surface area contributed by atoms with Gasteiger partial charge in [0, 0.05) is 17.5 Å². The molecule has 1 aromatic heterocycles. The van der Waals surface area contributed by atoms with Crippen LogP contribution in [0.25, 0.3) is 0 Å². The van der Waals surface area contributed by atoms with E-state index in [-0.39, 0.29) is 11.9 Å². The van der Waals surface area contributed by atoms with Crippen molar-refractivity contribution in [3.8, 4) is 6.07 Å². The van der Waals surface area contributed by atoms with E-state index < -0.39 is 0 Å². The van der Waals surface area contributed by atoms with Gasteiger partial charge in [0.25, 0.3) is 0 Å². The quantitative estimate of drug-likeness (QED) is 0.785. The molecule has 1 aliphatic heterocycles. The van der Waals surface area contributed by atoms with E-state index >= 15 is 0 Å². The summed E-state index contributed by atoms with van der Waals surface area (Å²) < 4.78 is 16.2. The molecule has 1 unspecified atom stereocenters. The van der Waals surface area contributed by atoms with E-state index in [1.807, 2.05) is 12.3 Å². The van der Waals surface area contributed by atoms with E-state index in [2.05, 4.69) is 9.55 Å². The Morgan fingerprint density at radius 1 is 1.37 bits per heavy atom. The predicted molar refractivity (Wildman–Crippen MR) is 69.0 cm³/mol. The summed E-state index contributed by atoms with van der Waals surface area (Å²) in [6.07, 6.45) is 7.73. The first-order valence-corrected chi connectivity index (χ1v) is 6.50. The Morgan fingerprint density at radius 3 is 3.05 bits per heavy atom. The van der Waals surface area contributed by atoms with Gasteiger partial charge in [-0.05, 0) is 31.4 Å². The van der Waals surface area contributed by atoms with Crippen LogP contribution >= 0.6 is 0 Å². The number of nitriles is 1. The number of nitrogens with zero attached hydrogens (tertiary/aromatic N) is 3. The van der Waals surface area contributed by atoms with Crippen LogP contribution in [-0.2, 0) is 6.42 Å². The van der Waals surface area contributed by atoms with Gasteiger partial charge < -0.3 is 4.57 Å². The highest BCUT2D eigenvalue weighted by Crippen LogP contribution is 2.31. The van der Waals surface area contributed by atoms with Gasteiger partial charge >= 0.3 is 0 Å². The zero-order valence-electron chi connectivity index (χ0n) is 10.5. The predicted octanol–water partition coefficient (Wildman–Crippen LogP) is 3.21. The lowest BCUT2D eigenvalue weighted by Crippen LogP contribution is -2.12. The van der Waals surface area contributed by atoms with Crippen molar-refractivity contribution in [3.05, 3.63) is 53.4 Å². The number of imidazole rings is 1. The van der Waals surface area contributed by atoms with Gasteiger partial charge in [0.1, 0.15) is 5.82 Å². The zero-order chi connectivity index (χ0) is 13.2. The average molecular weight is 255 g/mol. The van der Waals surface area contributed by atoms with Crippen molar-refractivity contribution in [3.63, 3.8) is 0 Å². The van der Waals surface area contributed by atoms with Crippen LogP contribution in [0.1, 0.15) is 42.1 Å². The molecule has 1 aliphatic rings. The molecule has 19 heavy (non-hydrogen) atoms. The number of aryl methyl sites for hydroxylation is 1. The summed E-state index contributed by atoms with van der Waals surface area (Å²) in [6, 6.07) is 6.69. The summed E-state index contributed by atoms with van der Waals surface area (Å²) in [5.74, 6) is -0.300. The van der Waals surface area contributed by atoms with Crippen LogP contribution in [0.5, 0.6) is 0 Å². The van der Waals surface area contributed by atoms with Gasteiger partial charge in [0.15, 0.2) is 0 Å². The summed E-state index contributed by atoms with van der Waals surface area (Å²) in [5.41, 5.74) is 2.17. The molecular formula is C15H14FN3. The van der Waals surface area contributed by atoms with Crippen molar-refractivity contribution in [2.45, 2.75) is 31.7 Å². The van der Waals surface area contributed by atoms with Crippen molar-refractivity contribution in [2.24, 2.45) is 0 Å². The maximum absolute atomic E-state index is 14.2. The van der Waals surface area contributed by atoms with Crippen LogP contribution in [0.2, 0.25) is 0 Å². The van der Waals surface area contributed by atoms with Crippen molar-refractivity contribution in [1.82, 2.24) is 9.55 Å². The molecule has 96 valence electrons.